The van der Waals surface area contributed by atoms with Crippen molar-refractivity contribution in [2.45, 2.75) is 20.0 Å². The van der Waals surface area contributed by atoms with Crippen LogP contribution in [0.4, 0.5) is 0 Å². The molecule has 0 aliphatic carbocycles. The van der Waals surface area contributed by atoms with Gasteiger partial charge in [0.25, 0.3) is 0 Å². The molecule has 1 rings (SSSR count). The molecule has 0 bridgehead atoms. The summed E-state index contributed by atoms with van der Waals surface area (Å²) in [6, 6.07) is 0. The lowest BCUT2D eigenvalue weighted by atomic mass is 9.94. The van der Waals surface area contributed by atoms with Crippen molar-refractivity contribution in [3.63, 3.8) is 0 Å². The summed E-state index contributed by atoms with van der Waals surface area (Å²) in [5, 5.41) is 8.79. The molecule has 0 saturated heterocycles. The minimum atomic E-state index is -0.354. The Labute approximate surface area is 65.7 Å². The van der Waals surface area contributed by atoms with Crippen molar-refractivity contribution in [1.82, 2.24) is 0 Å². The highest BCUT2D eigenvalue weighted by Crippen LogP contribution is 2.21. The van der Waals surface area contributed by atoms with Gasteiger partial charge in [0.15, 0.2) is 0 Å². The Hall–Kier alpha value is -0.830. The van der Waals surface area contributed by atoms with E-state index >= 15 is 0 Å². The van der Waals surface area contributed by atoms with Crippen LogP contribution >= 0.6 is 0 Å². The summed E-state index contributed by atoms with van der Waals surface area (Å²) in [4.78, 5) is 10.8. The average Bonchev–Trinajstić information content (AvgIpc) is 1.96. The molecule has 0 aromatic heterocycles. The third-order valence-electron chi connectivity index (χ3n) is 2.07. The molecule has 3 heteroatoms. The van der Waals surface area contributed by atoms with Crippen LogP contribution in [0.3, 0.4) is 0 Å². The number of aliphatic hydroxyl groups is 1. The van der Waals surface area contributed by atoms with Crippen LogP contribution in [0.1, 0.15) is 13.8 Å². The Balaban J connectivity index is 2.77. The lowest BCUT2D eigenvalue weighted by molar-refractivity contribution is -0.149. The van der Waals surface area contributed by atoms with Gasteiger partial charge in [0.05, 0.1) is 6.61 Å². The number of carbonyl (C=O) groups is 1. The number of cyclic esters (lactones) is 1. The minimum absolute atomic E-state index is 0.0991. The first-order valence-electron chi connectivity index (χ1n) is 3.65. The van der Waals surface area contributed by atoms with Crippen LogP contribution in [-0.2, 0) is 9.53 Å². The number of carbonyl (C=O) groups excluding carboxylic acids is 1. The second kappa shape index (κ2) is 3.05. The summed E-state index contributed by atoms with van der Waals surface area (Å²) in [5.74, 6) is -0.211. The normalized spacial score (nSPS) is 31.2. The van der Waals surface area contributed by atoms with Gasteiger partial charge in [0, 0.05) is 12.0 Å². The molecule has 3 nitrogen and oxygen atoms in total. The smallest absolute Gasteiger partial charge is 0.331 e. The fourth-order valence-electron chi connectivity index (χ4n) is 1.09. The van der Waals surface area contributed by atoms with Crippen molar-refractivity contribution in [2.24, 2.45) is 5.92 Å². The summed E-state index contributed by atoms with van der Waals surface area (Å²) in [5.41, 5.74) is 0.973. The SMILES string of the molecule is CC1=CC(=O)OC(CO)C1C. The van der Waals surface area contributed by atoms with Gasteiger partial charge in [-0.15, -0.1) is 0 Å². The zero-order chi connectivity index (χ0) is 8.43. The van der Waals surface area contributed by atoms with Crippen LogP contribution in [0.25, 0.3) is 0 Å². The molecule has 0 fully saturated rings. The van der Waals surface area contributed by atoms with E-state index in [9.17, 15) is 4.79 Å². The molecule has 0 radical (unpaired) electrons. The fraction of sp³-hybridized carbons (Fsp3) is 0.625. The highest BCUT2D eigenvalue weighted by Gasteiger charge is 2.25. The number of esters is 1. The maximum atomic E-state index is 10.8. The van der Waals surface area contributed by atoms with Crippen molar-refractivity contribution >= 4 is 5.97 Å². The van der Waals surface area contributed by atoms with Gasteiger partial charge in [0.1, 0.15) is 6.10 Å². The van der Waals surface area contributed by atoms with Crippen LogP contribution in [0.5, 0.6) is 0 Å². The minimum Gasteiger partial charge on any atom is -0.456 e. The van der Waals surface area contributed by atoms with E-state index in [1.54, 1.807) is 0 Å². The van der Waals surface area contributed by atoms with Crippen LogP contribution < -0.4 is 0 Å². The van der Waals surface area contributed by atoms with Crippen LogP contribution in [0.2, 0.25) is 0 Å². The maximum absolute atomic E-state index is 10.8. The maximum Gasteiger partial charge on any atom is 0.331 e. The molecule has 0 saturated carbocycles. The molecule has 0 aromatic rings. The molecule has 62 valence electrons. The van der Waals surface area contributed by atoms with Gasteiger partial charge in [-0.05, 0) is 6.92 Å². The molecule has 11 heavy (non-hydrogen) atoms. The predicted octanol–water partition coefficient (Wildman–Crippen LogP) is 0.486. The summed E-state index contributed by atoms with van der Waals surface area (Å²) < 4.78 is 4.85. The summed E-state index contributed by atoms with van der Waals surface area (Å²) in [6.45, 7) is 3.70. The highest BCUT2D eigenvalue weighted by atomic mass is 16.6. The molecule has 0 amide bonds. The predicted molar refractivity (Wildman–Crippen MR) is 39.9 cm³/mol. The van der Waals surface area contributed by atoms with Gasteiger partial charge in [-0.3, -0.25) is 0 Å². The lowest BCUT2D eigenvalue weighted by Crippen LogP contribution is -2.32. The van der Waals surface area contributed by atoms with Crippen LogP contribution in [0, 0.1) is 5.92 Å². The molecule has 0 aromatic carbocycles. The third kappa shape index (κ3) is 1.60. The molecule has 2 unspecified atom stereocenters. The number of ether oxygens (including phenoxy) is 1. The van der Waals surface area contributed by atoms with E-state index in [1.807, 2.05) is 13.8 Å². The van der Waals surface area contributed by atoms with Crippen LogP contribution in [0.15, 0.2) is 11.6 Å². The van der Waals surface area contributed by atoms with E-state index in [0.717, 1.165) is 5.57 Å². The Bertz CT molecular complexity index is 196. The average molecular weight is 156 g/mol. The summed E-state index contributed by atoms with van der Waals surface area (Å²) in [6.07, 6.45) is 1.11. The third-order valence-corrected chi connectivity index (χ3v) is 2.07. The van der Waals surface area contributed by atoms with E-state index in [4.69, 9.17) is 9.84 Å². The molecular weight excluding hydrogens is 144 g/mol. The van der Waals surface area contributed by atoms with E-state index < -0.39 is 0 Å². The van der Waals surface area contributed by atoms with Crippen molar-refractivity contribution in [3.05, 3.63) is 11.6 Å². The van der Waals surface area contributed by atoms with Gasteiger partial charge in [0.2, 0.25) is 0 Å². The van der Waals surface area contributed by atoms with Gasteiger partial charge >= 0.3 is 5.97 Å². The first-order valence-corrected chi connectivity index (χ1v) is 3.65. The Morgan fingerprint density at radius 2 is 2.36 bits per heavy atom. The number of rotatable bonds is 1. The van der Waals surface area contributed by atoms with Gasteiger partial charge < -0.3 is 9.84 Å². The molecular formula is C8H12O3. The quantitative estimate of drug-likeness (QED) is 0.562. The van der Waals surface area contributed by atoms with Crippen molar-refractivity contribution < 1.29 is 14.6 Å². The van der Waals surface area contributed by atoms with Gasteiger partial charge in [-0.1, -0.05) is 12.5 Å². The molecule has 1 aliphatic rings. The molecule has 1 heterocycles. The lowest BCUT2D eigenvalue weighted by Gasteiger charge is -2.26. The zero-order valence-electron chi connectivity index (χ0n) is 6.70. The topological polar surface area (TPSA) is 46.5 Å². The van der Waals surface area contributed by atoms with Gasteiger partial charge in [-0.2, -0.15) is 0 Å². The standard InChI is InChI=1S/C8H12O3/c1-5-3-8(10)11-7(4-9)6(5)2/h3,6-7,9H,4H2,1-2H3. The fourth-order valence-corrected chi connectivity index (χ4v) is 1.09. The molecule has 1 aliphatic heterocycles. The Kier molecular flexibility index (Phi) is 2.29. The molecule has 1 N–H and O–H groups in total. The van der Waals surface area contributed by atoms with E-state index in [1.165, 1.54) is 6.08 Å². The largest absolute Gasteiger partial charge is 0.456 e. The van der Waals surface area contributed by atoms with E-state index in [2.05, 4.69) is 0 Å². The highest BCUT2D eigenvalue weighted by molar-refractivity contribution is 5.83. The number of hydrogen-bond donors (Lipinski definition) is 1. The van der Waals surface area contributed by atoms with Crippen molar-refractivity contribution in [3.8, 4) is 0 Å². The number of hydrogen-bond acceptors (Lipinski definition) is 3. The van der Waals surface area contributed by atoms with Crippen molar-refractivity contribution in [2.75, 3.05) is 6.61 Å². The van der Waals surface area contributed by atoms with Gasteiger partial charge in [-0.25, -0.2) is 4.79 Å². The van der Waals surface area contributed by atoms with Crippen LogP contribution in [-0.4, -0.2) is 23.8 Å². The summed E-state index contributed by atoms with van der Waals surface area (Å²) in [7, 11) is 0. The Morgan fingerprint density at radius 1 is 1.73 bits per heavy atom. The monoisotopic (exact) mass is 156 g/mol. The first-order chi connectivity index (χ1) is 5.15. The second-order valence-corrected chi connectivity index (χ2v) is 2.83. The molecule has 0 spiro atoms. The van der Waals surface area contributed by atoms with E-state index in [-0.39, 0.29) is 24.6 Å². The first kappa shape index (κ1) is 8.27. The number of aliphatic hydroxyl groups excluding tert-OH is 1. The molecule has 2 atom stereocenters. The van der Waals surface area contributed by atoms with Crippen molar-refractivity contribution in [1.29, 1.82) is 0 Å². The summed E-state index contributed by atoms with van der Waals surface area (Å²) >= 11 is 0. The zero-order valence-corrected chi connectivity index (χ0v) is 6.70. The Morgan fingerprint density at radius 3 is 2.91 bits per heavy atom. The van der Waals surface area contributed by atoms with E-state index in [0.29, 0.717) is 0 Å². The second-order valence-electron chi connectivity index (χ2n) is 2.83.